The van der Waals surface area contributed by atoms with Gasteiger partial charge in [-0.05, 0) is 58.1 Å². The second kappa shape index (κ2) is 6.98. The van der Waals surface area contributed by atoms with Gasteiger partial charge in [0.1, 0.15) is 0 Å². The molecule has 1 heterocycles. The molecule has 1 N–H and O–H groups in total. The third kappa shape index (κ3) is 4.16. The lowest BCUT2D eigenvalue weighted by molar-refractivity contribution is 0.450. The van der Waals surface area contributed by atoms with Gasteiger partial charge in [-0.1, -0.05) is 13.8 Å². The van der Waals surface area contributed by atoms with Crippen LogP contribution in [0, 0.1) is 19.8 Å². The van der Waals surface area contributed by atoms with Crippen LogP contribution in [0.1, 0.15) is 57.5 Å². The van der Waals surface area contributed by atoms with Gasteiger partial charge in [0.25, 0.3) is 0 Å². The van der Waals surface area contributed by atoms with Crippen LogP contribution in [-0.2, 0) is 13.1 Å². The number of aryl methyl sites for hydroxylation is 1. The fourth-order valence-electron chi connectivity index (χ4n) is 2.51. The summed E-state index contributed by atoms with van der Waals surface area (Å²) in [6.07, 6.45) is 2.58. The maximum atomic E-state index is 3.65. The van der Waals surface area contributed by atoms with Gasteiger partial charge in [-0.25, -0.2) is 0 Å². The Morgan fingerprint density at radius 2 is 1.83 bits per heavy atom. The number of hydrogen-bond donors (Lipinski definition) is 1. The Balaban J connectivity index is 2.48. The Bertz CT molecular complexity index is 363. The third-order valence-corrected chi connectivity index (χ3v) is 3.81. The SMILES string of the molecule is CCn1c(C)cc(CNC(C)CCC(C)C)c1C. The molecular weight excluding hydrogens is 220 g/mol. The lowest BCUT2D eigenvalue weighted by Gasteiger charge is -2.15. The quantitative estimate of drug-likeness (QED) is 0.773. The normalized spacial score (nSPS) is 13.3. The zero-order valence-electron chi connectivity index (χ0n) is 13.0. The van der Waals surface area contributed by atoms with Gasteiger partial charge in [0.15, 0.2) is 0 Å². The van der Waals surface area contributed by atoms with E-state index in [1.54, 1.807) is 0 Å². The molecule has 0 bridgehead atoms. The van der Waals surface area contributed by atoms with E-state index in [0.717, 1.165) is 19.0 Å². The highest BCUT2D eigenvalue weighted by Gasteiger charge is 2.09. The maximum absolute atomic E-state index is 3.65. The van der Waals surface area contributed by atoms with Crippen LogP contribution in [0.4, 0.5) is 0 Å². The molecule has 0 radical (unpaired) electrons. The van der Waals surface area contributed by atoms with Gasteiger partial charge in [-0.3, -0.25) is 0 Å². The largest absolute Gasteiger partial charge is 0.349 e. The van der Waals surface area contributed by atoms with Crippen molar-refractivity contribution in [3.05, 3.63) is 23.0 Å². The molecule has 1 aromatic heterocycles. The predicted molar refractivity (Wildman–Crippen MR) is 80.0 cm³/mol. The van der Waals surface area contributed by atoms with E-state index >= 15 is 0 Å². The Morgan fingerprint density at radius 3 is 2.33 bits per heavy atom. The van der Waals surface area contributed by atoms with Crippen LogP contribution in [0.5, 0.6) is 0 Å². The molecule has 0 saturated heterocycles. The van der Waals surface area contributed by atoms with Crippen molar-refractivity contribution in [1.29, 1.82) is 0 Å². The first-order valence-electron chi connectivity index (χ1n) is 7.34. The van der Waals surface area contributed by atoms with Gasteiger partial charge in [0.05, 0.1) is 0 Å². The minimum atomic E-state index is 0.608. The monoisotopic (exact) mass is 250 g/mol. The van der Waals surface area contributed by atoms with Gasteiger partial charge >= 0.3 is 0 Å². The molecule has 0 aliphatic carbocycles. The molecule has 1 atom stereocenters. The molecule has 0 aromatic carbocycles. The molecule has 0 spiro atoms. The van der Waals surface area contributed by atoms with Gasteiger partial charge in [-0.2, -0.15) is 0 Å². The molecular formula is C16H30N2. The molecule has 1 rings (SSSR count). The standard InChI is InChI=1S/C16H30N2/c1-7-18-14(5)10-16(15(18)6)11-17-13(4)9-8-12(2)3/h10,12-13,17H,7-9,11H2,1-6H3. The second-order valence-corrected chi connectivity index (χ2v) is 5.89. The molecule has 0 fully saturated rings. The summed E-state index contributed by atoms with van der Waals surface area (Å²) in [5, 5.41) is 3.65. The van der Waals surface area contributed by atoms with Gasteiger partial charge in [0.2, 0.25) is 0 Å². The lowest BCUT2D eigenvalue weighted by Crippen LogP contribution is -2.26. The average Bonchev–Trinajstić information content (AvgIpc) is 2.58. The van der Waals surface area contributed by atoms with E-state index in [0.29, 0.717) is 6.04 Å². The highest BCUT2D eigenvalue weighted by molar-refractivity contribution is 5.26. The van der Waals surface area contributed by atoms with Gasteiger partial charge in [0, 0.05) is 30.5 Å². The van der Waals surface area contributed by atoms with E-state index < -0.39 is 0 Å². The number of nitrogens with zero attached hydrogens (tertiary/aromatic N) is 1. The summed E-state index contributed by atoms with van der Waals surface area (Å²) in [4.78, 5) is 0. The van der Waals surface area contributed by atoms with Crippen molar-refractivity contribution >= 4 is 0 Å². The van der Waals surface area contributed by atoms with Crippen LogP contribution >= 0.6 is 0 Å². The fraction of sp³-hybridized carbons (Fsp3) is 0.750. The summed E-state index contributed by atoms with van der Waals surface area (Å²) in [5.74, 6) is 0.805. The molecule has 0 saturated carbocycles. The Kier molecular flexibility index (Phi) is 5.94. The van der Waals surface area contributed by atoms with Crippen molar-refractivity contribution in [2.45, 2.75) is 73.5 Å². The van der Waals surface area contributed by atoms with Crippen molar-refractivity contribution in [3.63, 3.8) is 0 Å². The molecule has 1 unspecified atom stereocenters. The predicted octanol–water partition coefficient (Wildman–Crippen LogP) is 4.04. The first kappa shape index (κ1) is 15.3. The molecule has 18 heavy (non-hydrogen) atoms. The smallest absolute Gasteiger partial charge is 0.0225 e. The minimum Gasteiger partial charge on any atom is -0.349 e. The van der Waals surface area contributed by atoms with Crippen molar-refractivity contribution < 1.29 is 0 Å². The summed E-state index contributed by atoms with van der Waals surface area (Å²) < 4.78 is 2.38. The van der Waals surface area contributed by atoms with E-state index in [4.69, 9.17) is 0 Å². The van der Waals surface area contributed by atoms with Crippen molar-refractivity contribution in [2.24, 2.45) is 5.92 Å². The molecule has 104 valence electrons. The highest BCUT2D eigenvalue weighted by Crippen LogP contribution is 2.15. The molecule has 2 heteroatoms. The van der Waals surface area contributed by atoms with E-state index in [-0.39, 0.29) is 0 Å². The van der Waals surface area contributed by atoms with Crippen LogP contribution in [0.15, 0.2) is 6.07 Å². The van der Waals surface area contributed by atoms with Gasteiger partial charge < -0.3 is 9.88 Å². The molecule has 1 aromatic rings. The first-order chi connectivity index (χ1) is 8.45. The summed E-state index contributed by atoms with van der Waals surface area (Å²) in [6, 6.07) is 2.93. The zero-order valence-corrected chi connectivity index (χ0v) is 13.0. The molecule has 0 aliphatic rings. The first-order valence-corrected chi connectivity index (χ1v) is 7.34. The summed E-state index contributed by atoms with van der Waals surface area (Å²) in [7, 11) is 0. The molecule has 2 nitrogen and oxygen atoms in total. The summed E-state index contributed by atoms with van der Waals surface area (Å²) >= 11 is 0. The van der Waals surface area contributed by atoms with Gasteiger partial charge in [-0.15, -0.1) is 0 Å². The average molecular weight is 250 g/mol. The van der Waals surface area contributed by atoms with E-state index in [1.807, 2.05) is 0 Å². The van der Waals surface area contributed by atoms with Crippen LogP contribution in [0.3, 0.4) is 0 Å². The zero-order chi connectivity index (χ0) is 13.7. The Morgan fingerprint density at radius 1 is 1.17 bits per heavy atom. The Hall–Kier alpha value is -0.760. The second-order valence-electron chi connectivity index (χ2n) is 5.89. The fourth-order valence-corrected chi connectivity index (χ4v) is 2.51. The molecule has 0 amide bonds. The van der Waals surface area contributed by atoms with Crippen molar-refractivity contribution in [2.75, 3.05) is 0 Å². The summed E-state index contributed by atoms with van der Waals surface area (Å²) in [6.45, 7) is 15.6. The van der Waals surface area contributed by atoms with Crippen molar-refractivity contribution in [1.82, 2.24) is 9.88 Å². The maximum Gasteiger partial charge on any atom is 0.0225 e. The van der Waals surface area contributed by atoms with Crippen LogP contribution in [-0.4, -0.2) is 10.6 Å². The Labute approximate surface area is 113 Å². The van der Waals surface area contributed by atoms with E-state index in [1.165, 1.54) is 29.8 Å². The van der Waals surface area contributed by atoms with Crippen LogP contribution < -0.4 is 5.32 Å². The van der Waals surface area contributed by atoms with Crippen LogP contribution in [0.2, 0.25) is 0 Å². The van der Waals surface area contributed by atoms with Crippen LogP contribution in [0.25, 0.3) is 0 Å². The van der Waals surface area contributed by atoms with Crippen molar-refractivity contribution in [3.8, 4) is 0 Å². The summed E-state index contributed by atoms with van der Waals surface area (Å²) in [5.41, 5.74) is 4.24. The number of rotatable bonds is 7. The number of hydrogen-bond acceptors (Lipinski definition) is 1. The lowest BCUT2D eigenvalue weighted by atomic mass is 10.0. The number of aromatic nitrogens is 1. The van der Waals surface area contributed by atoms with E-state index in [9.17, 15) is 0 Å². The topological polar surface area (TPSA) is 17.0 Å². The van der Waals surface area contributed by atoms with E-state index in [2.05, 4.69) is 57.5 Å². The number of nitrogens with one attached hydrogen (secondary N) is 1. The molecule has 0 aliphatic heterocycles. The third-order valence-electron chi connectivity index (χ3n) is 3.81. The minimum absolute atomic E-state index is 0.608. The highest BCUT2D eigenvalue weighted by atomic mass is 15.0.